The maximum atomic E-state index is 12.7. The fourth-order valence-electron chi connectivity index (χ4n) is 4.22. The molecule has 2 aromatic carbocycles. The number of rotatable bonds is 5. The van der Waals surface area contributed by atoms with Crippen LogP contribution in [0, 0.1) is 13.8 Å². The Bertz CT molecular complexity index is 1460. The lowest BCUT2D eigenvalue weighted by atomic mass is 10.3. The molecule has 10 nitrogen and oxygen atoms in total. The molecule has 1 amide bonds. The smallest absolute Gasteiger partial charge is 0.289 e. The molecule has 0 unspecified atom stereocenters. The van der Waals surface area contributed by atoms with Gasteiger partial charge >= 0.3 is 0 Å². The minimum absolute atomic E-state index is 0.134. The molecule has 0 aliphatic carbocycles. The number of piperazine rings is 1. The summed E-state index contributed by atoms with van der Waals surface area (Å²) in [4.78, 5) is 30.2. The molecule has 0 spiro atoms. The number of amides is 1. The number of nitrogens with one attached hydrogen (secondary N) is 2. The topological polar surface area (TPSA) is 108 Å². The Labute approximate surface area is 237 Å². The van der Waals surface area contributed by atoms with E-state index in [2.05, 4.69) is 25.6 Å². The van der Waals surface area contributed by atoms with Gasteiger partial charge in [-0.3, -0.25) is 10.1 Å². The van der Waals surface area contributed by atoms with Gasteiger partial charge in [0.05, 0.1) is 6.26 Å². The number of aromatic nitrogens is 2. The number of hydrogen-bond acceptors (Lipinski definition) is 6. The first kappa shape index (κ1) is 26.8. The Morgan fingerprint density at radius 3 is 2.17 bits per heavy atom. The molecule has 1 fully saturated rings. The van der Waals surface area contributed by atoms with Crippen LogP contribution >= 0.6 is 12.2 Å². The maximum absolute atomic E-state index is 12.7. The number of nitrogens with zero attached hydrogens (tertiary/aromatic N) is 5. The number of hydrogen-bond donors (Lipinski definition) is 2. The molecule has 3 heterocycles. The van der Waals surface area contributed by atoms with E-state index in [-0.39, 0.29) is 11.0 Å². The summed E-state index contributed by atoms with van der Waals surface area (Å²) in [5.74, 6) is 2.59. The molecule has 1 aliphatic heterocycles. The van der Waals surface area contributed by atoms with Crippen LogP contribution in [0.3, 0.4) is 0 Å². The highest BCUT2D eigenvalue weighted by Gasteiger charge is 2.26. The predicted octanol–water partition coefficient (Wildman–Crippen LogP) is 5.10. The normalized spacial score (nSPS) is 13.6. The van der Waals surface area contributed by atoms with E-state index in [4.69, 9.17) is 21.4 Å². The summed E-state index contributed by atoms with van der Waals surface area (Å²) in [5.41, 5.74) is 2.44. The minimum atomic E-state index is -0.134. The van der Waals surface area contributed by atoms with Gasteiger partial charge in [-0.1, -0.05) is 18.2 Å². The number of furan rings is 1. The van der Waals surface area contributed by atoms with Gasteiger partial charge in [-0.25, -0.2) is 9.97 Å². The maximum Gasteiger partial charge on any atom is 0.289 e. The van der Waals surface area contributed by atoms with Crippen molar-refractivity contribution in [3.63, 3.8) is 0 Å². The van der Waals surface area contributed by atoms with E-state index in [0.29, 0.717) is 49.6 Å². The molecule has 1 aliphatic rings. The molecule has 2 aromatic heterocycles. The van der Waals surface area contributed by atoms with Crippen molar-refractivity contribution in [3.8, 4) is 11.5 Å². The zero-order valence-corrected chi connectivity index (χ0v) is 23.0. The zero-order chi connectivity index (χ0) is 27.9. The van der Waals surface area contributed by atoms with E-state index >= 15 is 0 Å². The fourth-order valence-corrected chi connectivity index (χ4v) is 4.42. The number of aryl methyl sites for hydroxylation is 2. The second-order valence-electron chi connectivity index (χ2n) is 9.16. The minimum Gasteiger partial charge on any atom is -0.459 e. The van der Waals surface area contributed by atoms with Crippen molar-refractivity contribution in [1.29, 1.82) is 0 Å². The fraction of sp³-hybridized carbons (Fsp3) is 0.207. The van der Waals surface area contributed by atoms with Gasteiger partial charge in [-0.05, 0) is 80.7 Å². The molecule has 5 rings (SSSR count). The predicted molar refractivity (Wildman–Crippen MR) is 158 cm³/mol. The van der Waals surface area contributed by atoms with E-state index in [0.717, 1.165) is 22.8 Å². The summed E-state index contributed by atoms with van der Waals surface area (Å²) in [7, 11) is 0. The number of aliphatic imine (C=N–C) groups is 1. The molecule has 4 aromatic rings. The third kappa shape index (κ3) is 7.00. The van der Waals surface area contributed by atoms with Gasteiger partial charge in [0.1, 0.15) is 11.5 Å². The van der Waals surface area contributed by atoms with E-state index in [1.54, 1.807) is 17.0 Å². The number of ether oxygens (including phenoxy) is 1. The van der Waals surface area contributed by atoms with Gasteiger partial charge < -0.3 is 24.3 Å². The monoisotopic (exact) mass is 555 g/mol. The largest absolute Gasteiger partial charge is 0.459 e. The molecule has 0 atom stereocenters. The molecule has 11 heteroatoms. The van der Waals surface area contributed by atoms with E-state index < -0.39 is 0 Å². The van der Waals surface area contributed by atoms with Crippen molar-refractivity contribution in [3.05, 3.63) is 96.2 Å². The molecular weight excluding hydrogens is 526 g/mol. The van der Waals surface area contributed by atoms with Crippen LogP contribution < -0.4 is 15.4 Å². The first-order chi connectivity index (χ1) is 19.4. The van der Waals surface area contributed by atoms with E-state index in [1.807, 2.05) is 79.4 Å². The molecule has 0 bridgehead atoms. The lowest BCUT2D eigenvalue weighted by Gasteiger charge is -2.36. The van der Waals surface area contributed by atoms with Gasteiger partial charge in [0.25, 0.3) is 5.91 Å². The van der Waals surface area contributed by atoms with Gasteiger partial charge in [0.15, 0.2) is 5.76 Å². The SMILES string of the molecule is Cc1cc(C)nc(N/C(=N/C(=S)Nc2ccc(Oc3ccccc3)cc2)N2CCN(C(=O)c3ccco3)CC2)n1. The van der Waals surface area contributed by atoms with Crippen LogP contribution in [0.15, 0.2) is 88.5 Å². The van der Waals surface area contributed by atoms with Gasteiger partial charge in [-0.15, -0.1) is 0 Å². The summed E-state index contributed by atoms with van der Waals surface area (Å²) in [6.45, 7) is 5.89. The number of anilines is 2. The standard InChI is InChI=1S/C29H29N7O3S/c1-20-19-21(2)31-27(30-20)33-28(36-16-14-35(15-17-36)26(37)25-9-6-18-38-25)34-29(40)32-22-10-12-24(13-11-22)39-23-7-4-3-5-8-23/h3-13,18-19H,14-17H2,1-2H3,(H2,30,31,32,33,34,40). The number of thiocarbonyl (C=S) groups is 1. The molecular formula is C29H29N7O3S. The van der Waals surface area contributed by atoms with Crippen molar-refractivity contribution in [2.75, 3.05) is 36.8 Å². The number of benzene rings is 2. The van der Waals surface area contributed by atoms with Crippen LogP contribution in [0.1, 0.15) is 21.9 Å². The first-order valence-electron chi connectivity index (χ1n) is 12.8. The summed E-state index contributed by atoms with van der Waals surface area (Å²) >= 11 is 5.59. The van der Waals surface area contributed by atoms with Crippen molar-refractivity contribution in [2.24, 2.45) is 4.99 Å². The summed E-state index contributed by atoms with van der Waals surface area (Å²) in [5, 5.41) is 6.66. The van der Waals surface area contributed by atoms with Crippen molar-refractivity contribution in [1.82, 2.24) is 19.8 Å². The highest BCUT2D eigenvalue weighted by Crippen LogP contribution is 2.23. The third-order valence-corrected chi connectivity index (χ3v) is 6.29. The van der Waals surface area contributed by atoms with Crippen molar-refractivity contribution >= 4 is 40.8 Å². The molecule has 204 valence electrons. The van der Waals surface area contributed by atoms with Gasteiger partial charge in [0, 0.05) is 43.3 Å². The van der Waals surface area contributed by atoms with Crippen LogP contribution in [0.2, 0.25) is 0 Å². The van der Waals surface area contributed by atoms with Crippen LogP contribution in [-0.2, 0) is 0 Å². The van der Waals surface area contributed by atoms with Crippen molar-refractivity contribution in [2.45, 2.75) is 13.8 Å². The lowest BCUT2D eigenvalue weighted by molar-refractivity contribution is 0.0660. The van der Waals surface area contributed by atoms with Crippen LogP contribution in [0.4, 0.5) is 11.6 Å². The third-order valence-electron chi connectivity index (χ3n) is 6.10. The van der Waals surface area contributed by atoms with Gasteiger partial charge in [0.2, 0.25) is 17.0 Å². The summed E-state index contributed by atoms with van der Waals surface area (Å²) < 4.78 is 11.1. The second-order valence-corrected chi connectivity index (χ2v) is 9.55. The molecule has 40 heavy (non-hydrogen) atoms. The number of guanidine groups is 1. The number of carbonyl (C=O) groups excluding carboxylic acids is 1. The highest BCUT2D eigenvalue weighted by molar-refractivity contribution is 7.80. The Hall–Kier alpha value is -4.77. The second kappa shape index (κ2) is 12.4. The quantitative estimate of drug-likeness (QED) is 0.197. The zero-order valence-electron chi connectivity index (χ0n) is 22.2. The Morgan fingerprint density at radius 2 is 1.52 bits per heavy atom. The lowest BCUT2D eigenvalue weighted by Crippen LogP contribution is -2.52. The average molecular weight is 556 g/mol. The summed E-state index contributed by atoms with van der Waals surface area (Å²) in [6, 6.07) is 22.3. The van der Waals surface area contributed by atoms with E-state index in [9.17, 15) is 4.79 Å². The average Bonchev–Trinajstić information content (AvgIpc) is 3.49. The Balaban J connectivity index is 1.28. The Morgan fingerprint density at radius 1 is 0.875 bits per heavy atom. The van der Waals surface area contributed by atoms with Crippen LogP contribution in [0.5, 0.6) is 11.5 Å². The number of carbonyl (C=O) groups is 1. The first-order valence-corrected chi connectivity index (χ1v) is 13.2. The van der Waals surface area contributed by atoms with Crippen LogP contribution in [0.25, 0.3) is 0 Å². The number of para-hydroxylation sites is 1. The molecule has 2 N–H and O–H groups in total. The Kier molecular flexibility index (Phi) is 8.31. The van der Waals surface area contributed by atoms with Gasteiger partial charge in [-0.2, -0.15) is 4.99 Å². The molecule has 0 radical (unpaired) electrons. The van der Waals surface area contributed by atoms with Crippen LogP contribution in [-0.4, -0.2) is 62.9 Å². The van der Waals surface area contributed by atoms with E-state index in [1.165, 1.54) is 6.26 Å². The highest BCUT2D eigenvalue weighted by atomic mass is 32.1. The molecule has 1 saturated heterocycles. The summed E-state index contributed by atoms with van der Waals surface area (Å²) in [6.07, 6.45) is 1.50. The molecule has 0 saturated carbocycles. The van der Waals surface area contributed by atoms with Crippen molar-refractivity contribution < 1.29 is 13.9 Å².